The molecule has 0 heterocycles. The van der Waals surface area contributed by atoms with Crippen molar-refractivity contribution in [3.8, 4) is 0 Å². The Morgan fingerprint density at radius 1 is 1.17 bits per heavy atom. The van der Waals surface area contributed by atoms with E-state index in [9.17, 15) is 22.0 Å². The van der Waals surface area contributed by atoms with Gasteiger partial charge in [-0.3, -0.25) is 0 Å². The van der Waals surface area contributed by atoms with Crippen molar-refractivity contribution >= 4 is 0 Å². The average molecular weight is 189 g/mol. The third kappa shape index (κ3) is 2.60. The molecule has 0 fully saturated rings. The molecule has 5 heteroatoms. The number of hydrogen-bond acceptors (Lipinski definition) is 0. The van der Waals surface area contributed by atoms with E-state index >= 15 is 0 Å². The summed E-state index contributed by atoms with van der Waals surface area (Å²) in [5.74, 6) is -4.23. The van der Waals surface area contributed by atoms with Crippen LogP contribution in [0.15, 0.2) is 0 Å². The third-order valence-electron chi connectivity index (χ3n) is 1.43. The number of halogens is 5. The summed E-state index contributed by atoms with van der Waals surface area (Å²) in [5, 5.41) is 0. The minimum atomic E-state index is -4.23. The first-order chi connectivity index (χ1) is 5.46. The van der Waals surface area contributed by atoms with Crippen LogP contribution in [-0.4, -0.2) is 24.9 Å². The van der Waals surface area contributed by atoms with Crippen LogP contribution in [0, 0.1) is 6.92 Å². The van der Waals surface area contributed by atoms with Gasteiger partial charge in [-0.05, 0) is 6.42 Å². The number of alkyl halides is 5. The molecule has 0 amide bonds. The topological polar surface area (TPSA) is 0 Å². The van der Waals surface area contributed by atoms with Crippen molar-refractivity contribution in [3.63, 3.8) is 0 Å². The van der Waals surface area contributed by atoms with Gasteiger partial charge in [0.15, 0.2) is 12.3 Å². The predicted octanol–water partition coefficient (Wildman–Crippen LogP) is 2.88. The third-order valence-corrected chi connectivity index (χ3v) is 1.43. The lowest BCUT2D eigenvalue weighted by Gasteiger charge is -2.21. The molecule has 0 spiro atoms. The van der Waals surface area contributed by atoms with Gasteiger partial charge < -0.3 is 0 Å². The first kappa shape index (κ1) is 11.6. The lowest BCUT2D eigenvalue weighted by Crippen LogP contribution is -2.41. The lowest BCUT2D eigenvalue weighted by molar-refractivity contribution is -0.133. The number of hydrogen-bond donors (Lipinski definition) is 0. The van der Waals surface area contributed by atoms with Crippen LogP contribution in [0.25, 0.3) is 0 Å². The Balaban J connectivity index is 4.16. The van der Waals surface area contributed by atoms with Crippen molar-refractivity contribution in [2.24, 2.45) is 0 Å². The van der Waals surface area contributed by atoms with Crippen molar-refractivity contribution in [3.05, 3.63) is 6.92 Å². The maximum absolute atomic E-state index is 12.4. The van der Waals surface area contributed by atoms with Gasteiger partial charge in [-0.1, -0.05) is 13.3 Å². The molecule has 0 rings (SSSR count). The largest absolute Gasteiger partial charge is 0.311 e. The highest BCUT2D eigenvalue weighted by atomic mass is 19.3. The zero-order valence-corrected chi connectivity index (χ0v) is 6.37. The van der Waals surface area contributed by atoms with Gasteiger partial charge in [0.05, 0.1) is 0 Å². The minimum Gasteiger partial charge on any atom is -0.248 e. The molecule has 1 radical (unpaired) electrons. The van der Waals surface area contributed by atoms with Gasteiger partial charge >= 0.3 is 5.92 Å². The van der Waals surface area contributed by atoms with Crippen molar-refractivity contribution < 1.29 is 22.0 Å². The van der Waals surface area contributed by atoms with Gasteiger partial charge in [-0.25, -0.2) is 22.0 Å². The highest BCUT2D eigenvalue weighted by Gasteiger charge is 2.47. The van der Waals surface area contributed by atoms with E-state index in [0.29, 0.717) is 0 Å². The summed E-state index contributed by atoms with van der Waals surface area (Å²) in [6.07, 6.45) is -6.34. The highest BCUT2D eigenvalue weighted by Crippen LogP contribution is 2.30. The Hall–Kier alpha value is -0.350. The van der Waals surface area contributed by atoms with Gasteiger partial charge in [0, 0.05) is 0 Å². The van der Waals surface area contributed by atoms with Crippen LogP contribution in [0.4, 0.5) is 22.0 Å². The molecule has 2 atom stereocenters. The first-order valence-electron chi connectivity index (χ1n) is 3.48. The lowest BCUT2D eigenvalue weighted by atomic mass is 10.1. The molecule has 0 aliphatic rings. The zero-order chi connectivity index (χ0) is 9.78. The Labute approximate surface area is 67.8 Å². The minimum absolute atomic E-state index is 0.0736. The molecule has 0 saturated carbocycles. The monoisotopic (exact) mass is 189 g/mol. The second-order valence-corrected chi connectivity index (χ2v) is 2.41. The quantitative estimate of drug-likeness (QED) is 0.583. The molecular weight excluding hydrogens is 179 g/mol. The van der Waals surface area contributed by atoms with E-state index in [1.54, 1.807) is 0 Å². The van der Waals surface area contributed by atoms with Gasteiger partial charge in [0.1, 0.15) is 6.67 Å². The fourth-order valence-electron chi connectivity index (χ4n) is 0.671. The van der Waals surface area contributed by atoms with E-state index in [0.717, 1.165) is 0 Å². The summed E-state index contributed by atoms with van der Waals surface area (Å²) in [5.41, 5.74) is 0. The Morgan fingerprint density at radius 3 is 2.00 bits per heavy atom. The van der Waals surface area contributed by atoms with Crippen molar-refractivity contribution in [1.82, 2.24) is 0 Å². The smallest absolute Gasteiger partial charge is 0.248 e. The highest BCUT2D eigenvalue weighted by molar-refractivity contribution is 4.84. The van der Waals surface area contributed by atoms with Crippen LogP contribution in [-0.2, 0) is 0 Å². The van der Waals surface area contributed by atoms with Crippen LogP contribution in [0.2, 0.25) is 0 Å². The molecule has 0 N–H and O–H groups in total. The molecule has 0 aromatic rings. The molecule has 0 aromatic heterocycles. The summed E-state index contributed by atoms with van der Waals surface area (Å²) in [7, 11) is 0. The van der Waals surface area contributed by atoms with E-state index in [1.807, 2.05) is 0 Å². The summed E-state index contributed by atoms with van der Waals surface area (Å²) >= 11 is 0. The predicted molar refractivity (Wildman–Crippen MR) is 35.3 cm³/mol. The maximum Gasteiger partial charge on any atom is 0.311 e. The molecule has 1 unspecified atom stereocenters. The average Bonchev–Trinajstić information content (AvgIpc) is 2.03. The first-order valence-corrected chi connectivity index (χ1v) is 3.48. The Morgan fingerprint density at radius 2 is 1.67 bits per heavy atom. The van der Waals surface area contributed by atoms with Crippen molar-refractivity contribution in [2.45, 2.75) is 31.1 Å². The Bertz CT molecular complexity index is 125. The van der Waals surface area contributed by atoms with Crippen LogP contribution in [0.5, 0.6) is 0 Å². The van der Waals surface area contributed by atoms with E-state index < -0.39 is 31.4 Å². The normalized spacial score (nSPS) is 17.5. The second-order valence-electron chi connectivity index (χ2n) is 2.41. The summed E-state index contributed by atoms with van der Waals surface area (Å²) in [6.45, 7) is 1.26. The standard InChI is InChI=1S/C7H10F5/c1-2-3-5(9)7(11,12)6(10)4-8/h5-6H,1-4H2/t5?,6-/m0/s1. The molecule has 0 nitrogen and oxygen atoms in total. The summed E-state index contributed by atoms with van der Waals surface area (Å²) < 4.78 is 60.7. The van der Waals surface area contributed by atoms with Gasteiger partial charge in [-0.2, -0.15) is 0 Å². The molecule has 0 aromatic carbocycles. The van der Waals surface area contributed by atoms with E-state index in [-0.39, 0.29) is 6.42 Å². The second kappa shape index (κ2) is 4.62. The molecule has 0 aliphatic carbocycles. The fraction of sp³-hybridized carbons (Fsp3) is 0.857. The van der Waals surface area contributed by atoms with Crippen LogP contribution in [0.3, 0.4) is 0 Å². The molecule has 73 valence electrons. The molecule has 12 heavy (non-hydrogen) atoms. The summed E-state index contributed by atoms with van der Waals surface area (Å²) in [6, 6.07) is 0. The Kier molecular flexibility index (Phi) is 4.49. The van der Waals surface area contributed by atoms with Crippen LogP contribution < -0.4 is 0 Å². The maximum atomic E-state index is 12.4. The van der Waals surface area contributed by atoms with Crippen molar-refractivity contribution in [1.29, 1.82) is 0 Å². The molecular formula is C7H10F5. The van der Waals surface area contributed by atoms with Gasteiger partial charge in [0.2, 0.25) is 0 Å². The van der Waals surface area contributed by atoms with Crippen LogP contribution >= 0.6 is 0 Å². The van der Waals surface area contributed by atoms with Crippen LogP contribution in [0.1, 0.15) is 12.8 Å². The van der Waals surface area contributed by atoms with E-state index in [1.165, 1.54) is 0 Å². The van der Waals surface area contributed by atoms with E-state index in [2.05, 4.69) is 6.92 Å². The zero-order valence-electron chi connectivity index (χ0n) is 6.37. The SMILES string of the molecule is [CH2]CCC(F)C(F)(F)[C@@H](F)CF. The van der Waals surface area contributed by atoms with E-state index in [4.69, 9.17) is 0 Å². The van der Waals surface area contributed by atoms with Gasteiger partial charge in [-0.15, -0.1) is 0 Å². The van der Waals surface area contributed by atoms with Crippen molar-refractivity contribution in [2.75, 3.05) is 6.67 Å². The fourth-order valence-corrected chi connectivity index (χ4v) is 0.671. The molecule has 0 bridgehead atoms. The molecule has 0 aliphatic heterocycles. The number of rotatable bonds is 5. The van der Waals surface area contributed by atoms with Gasteiger partial charge in [0.25, 0.3) is 0 Å². The molecule has 0 saturated heterocycles. The summed E-state index contributed by atoms with van der Waals surface area (Å²) in [4.78, 5) is 0.